The van der Waals surface area contributed by atoms with Crippen molar-refractivity contribution in [3.8, 4) is 5.75 Å². The van der Waals surface area contributed by atoms with E-state index in [0.29, 0.717) is 11.3 Å². The van der Waals surface area contributed by atoms with Gasteiger partial charge in [0.1, 0.15) is 17.2 Å². The first-order valence-corrected chi connectivity index (χ1v) is 10.6. The molecule has 34 heavy (non-hydrogen) atoms. The van der Waals surface area contributed by atoms with Gasteiger partial charge in [0, 0.05) is 12.2 Å². The van der Waals surface area contributed by atoms with Crippen LogP contribution < -0.4 is 15.4 Å². The molecule has 0 unspecified atom stereocenters. The van der Waals surface area contributed by atoms with Gasteiger partial charge >= 0.3 is 0 Å². The van der Waals surface area contributed by atoms with Crippen LogP contribution in [0.25, 0.3) is 0 Å². The van der Waals surface area contributed by atoms with Gasteiger partial charge in [0.05, 0.1) is 37.1 Å². The lowest BCUT2D eigenvalue weighted by Gasteiger charge is -2.46. The van der Waals surface area contributed by atoms with Crippen molar-refractivity contribution < 1.29 is 27.8 Å². The molecule has 0 aliphatic carbocycles. The smallest absolute Gasteiger partial charge is 0.256 e. The molecular weight excluding hydrogens is 447 g/mol. The number of hydrogen-bond donors (Lipinski definition) is 3. The van der Waals surface area contributed by atoms with Crippen molar-refractivity contribution in [2.24, 2.45) is 0 Å². The molecule has 1 saturated heterocycles. The number of halogens is 3. The van der Waals surface area contributed by atoms with Gasteiger partial charge in [-0.3, -0.25) is 4.79 Å². The highest BCUT2D eigenvalue weighted by atomic mass is 19.2. The lowest BCUT2D eigenvalue weighted by molar-refractivity contribution is -0.0706. The number of β-amino-alcohol motifs (C(OH)–C–C–N with tert-alkyl or cyclic N) is 1. The summed E-state index contributed by atoms with van der Waals surface area (Å²) in [4.78, 5) is 14.3. The number of amides is 1. The second-order valence-electron chi connectivity index (χ2n) is 8.36. The largest absolute Gasteiger partial charge is 0.497 e. The van der Waals surface area contributed by atoms with Crippen LogP contribution in [0.15, 0.2) is 54.6 Å². The Morgan fingerprint density at radius 1 is 1.06 bits per heavy atom. The van der Waals surface area contributed by atoms with Crippen LogP contribution in [-0.4, -0.2) is 48.3 Å². The van der Waals surface area contributed by atoms with Crippen molar-refractivity contribution in [1.82, 2.24) is 4.90 Å². The summed E-state index contributed by atoms with van der Waals surface area (Å²) < 4.78 is 47.9. The first-order chi connectivity index (χ1) is 16.2. The number of rotatable bonds is 7. The van der Waals surface area contributed by atoms with Gasteiger partial charge in [0.15, 0.2) is 11.6 Å². The Kier molecular flexibility index (Phi) is 6.39. The molecule has 4 rings (SSSR count). The Hall–Kier alpha value is -3.72. The third-order valence-corrected chi connectivity index (χ3v) is 5.68. The minimum absolute atomic E-state index is 0.00762. The molecule has 0 aromatic heterocycles. The van der Waals surface area contributed by atoms with Crippen molar-refractivity contribution in [3.05, 3.63) is 83.2 Å². The molecule has 0 spiro atoms. The van der Waals surface area contributed by atoms with Crippen molar-refractivity contribution in [2.75, 3.05) is 37.4 Å². The summed E-state index contributed by atoms with van der Waals surface area (Å²) in [6.45, 7) is 1.86. The molecule has 3 aromatic rings. The second-order valence-corrected chi connectivity index (χ2v) is 8.36. The summed E-state index contributed by atoms with van der Waals surface area (Å²) in [6, 6.07) is 13.4. The van der Waals surface area contributed by atoms with Gasteiger partial charge in [-0.15, -0.1) is 0 Å². The molecule has 1 aliphatic rings. The second kappa shape index (κ2) is 9.26. The van der Waals surface area contributed by atoms with Crippen LogP contribution in [0.4, 0.5) is 30.2 Å². The minimum atomic E-state index is -1.29. The number of aryl methyl sites for hydroxylation is 1. The number of methoxy groups -OCH3 is 1. The van der Waals surface area contributed by atoms with E-state index in [0.717, 1.165) is 17.8 Å². The minimum Gasteiger partial charge on any atom is -0.497 e. The summed E-state index contributed by atoms with van der Waals surface area (Å²) >= 11 is 0. The molecule has 3 aromatic carbocycles. The molecular formula is C25H24F3N3O3. The van der Waals surface area contributed by atoms with Gasteiger partial charge in [-0.25, -0.2) is 13.2 Å². The number of likely N-dealkylation sites (tertiary alicyclic amines) is 1. The first-order valence-electron chi connectivity index (χ1n) is 10.6. The predicted octanol–water partition coefficient (Wildman–Crippen LogP) is 4.46. The third kappa shape index (κ3) is 4.79. The molecule has 1 amide bonds. The zero-order valence-electron chi connectivity index (χ0n) is 18.7. The summed E-state index contributed by atoms with van der Waals surface area (Å²) in [6.07, 6.45) is 0. The third-order valence-electron chi connectivity index (χ3n) is 5.68. The van der Waals surface area contributed by atoms with E-state index in [4.69, 9.17) is 4.74 Å². The number of anilines is 3. The molecule has 0 saturated carbocycles. The van der Waals surface area contributed by atoms with Gasteiger partial charge in [-0.05, 0) is 61.0 Å². The maximum atomic E-state index is 14.6. The average molecular weight is 471 g/mol. The fourth-order valence-electron chi connectivity index (χ4n) is 3.77. The number of nitrogens with zero attached hydrogens (tertiary/aromatic N) is 1. The van der Waals surface area contributed by atoms with Gasteiger partial charge in [0.2, 0.25) is 0 Å². The van der Waals surface area contributed by atoms with Crippen LogP contribution >= 0.6 is 0 Å². The van der Waals surface area contributed by atoms with Gasteiger partial charge < -0.3 is 25.4 Å². The molecule has 1 fully saturated rings. The molecule has 0 bridgehead atoms. The lowest BCUT2D eigenvalue weighted by atomic mass is 9.92. The standard InChI is InChI=1S/C25H24F3N3O3/c1-15-3-10-21(20(27)11-15)30-23-18(8-9-19(26)22(23)28)24(32)31-13-25(33,14-31)12-29-16-4-6-17(34-2)7-5-16/h3-11,29-30,33H,12-14H2,1-2H3. The number of hydrogen-bond acceptors (Lipinski definition) is 5. The fraction of sp³-hybridized carbons (Fsp3) is 0.240. The van der Waals surface area contributed by atoms with Crippen molar-refractivity contribution >= 4 is 23.0 Å². The molecule has 178 valence electrons. The zero-order valence-corrected chi connectivity index (χ0v) is 18.7. The average Bonchev–Trinajstić information content (AvgIpc) is 2.80. The van der Waals surface area contributed by atoms with Crippen LogP contribution in [0.2, 0.25) is 0 Å². The summed E-state index contributed by atoms with van der Waals surface area (Å²) in [5, 5.41) is 16.3. The maximum absolute atomic E-state index is 14.6. The SMILES string of the molecule is COc1ccc(NCC2(O)CN(C(=O)c3ccc(F)c(F)c3Nc3ccc(C)cc3F)C2)cc1. The summed E-state index contributed by atoms with van der Waals surface area (Å²) in [5.41, 5.74) is -0.477. The van der Waals surface area contributed by atoms with E-state index in [-0.39, 0.29) is 30.9 Å². The quantitative estimate of drug-likeness (QED) is 0.475. The number of nitrogens with one attached hydrogen (secondary N) is 2. The highest BCUT2D eigenvalue weighted by Gasteiger charge is 2.44. The molecule has 0 atom stereocenters. The van der Waals surface area contributed by atoms with E-state index >= 15 is 0 Å². The van der Waals surface area contributed by atoms with Crippen molar-refractivity contribution in [1.29, 1.82) is 0 Å². The van der Waals surface area contributed by atoms with Crippen LogP contribution in [0.5, 0.6) is 5.75 Å². The van der Waals surface area contributed by atoms with Crippen LogP contribution in [0.3, 0.4) is 0 Å². The van der Waals surface area contributed by atoms with Gasteiger partial charge in [-0.1, -0.05) is 6.07 Å². The summed E-state index contributed by atoms with van der Waals surface area (Å²) in [7, 11) is 1.57. The molecule has 6 nitrogen and oxygen atoms in total. The Labute approximate surface area is 195 Å². The van der Waals surface area contributed by atoms with Crippen LogP contribution in [0.1, 0.15) is 15.9 Å². The molecule has 0 radical (unpaired) electrons. The van der Waals surface area contributed by atoms with E-state index in [2.05, 4.69) is 10.6 Å². The monoisotopic (exact) mass is 471 g/mol. The van der Waals surface area contributed by atoms with E-state index < -0.39 is 34.6 Å². The fourth-order valence-corrected chi connectivity index (χ4v) is 3.77. The first kappa shape index (κ1) is 23.4. The Morgan fingerprint density at radius 3 is 2.41 bits per heavy atom. The number of carbonyl (C=O) groups is 1. The summed E-state index contributed by atoms with van der Waals surface area (Å²) in [5.74, 6) is -3.03. The highest BCUT2D eigenvalue weighted by Crippen LogP contribution is 2.32. The van der Waals surface area contributed by atoms with E-state index in [1.807, 2.05) is 0 Å². The topological polar surface area (TPSA) is 73.8 Å². The maximum Gasteiger partial charge on any atom is 0.256 e. The number of ether oxygens (including phenoxy) is 1. The highest BCUT2D eigenvalue weighted by molar-refractivity contribution is 6.01. The van der Waals surface area contributed by atoms with E-state index in [9.17, 15) is 23.1 Å². The van der Waals surface area contributed by atoms with Crippen molar-refractivity contribution in [3.63, 3.8) is 0 Å². The molecule has 3 N–H and O–H groups in total. The van der Waals surface area contributed by atoms with Gasteiger partial charge in [0.25, 0.3) is 5.91 Å². The molecule has 1 aliphatic heterocycles. The Bertz CT molecular complexity index is 1210. The lowest BCUT2D eigenvalue weighted by Crippen LogP contribution is -2.66. The van der Waals surface area contributed by atoms with E-state index in [1.54, 1.807) is 44.4 Å². The number of carbonyl (C=O) groups excluding carboxylic acids is 1. The van der Waals surface area contributed by atoms with Crippen LogP contribution in [0, 0.1) is 24.4 Å². The Balaban J connectivity index is 1.46. The van der Waals surface area contributed by atoms with Crippen molar-refractivity contribution in [2.45, 2.75) is 12.5 Å². The van der Waals surface area contributed by atoms with Gasteiger partial charge in [-0.2, -0.15) is 0 Å². The number of aliphatic hydroxyl groups is 1. The predicted molar refractivity (Wildman–Crippen MR) is 123 cm³/mol. The van der Waals surface area contributed by atoms with Crippen LogP contribution in [-0.2, 0) is 0 Å². The van der Waals surface area contributed by atoms with E-state index in [1.165, 1.54) is 17.0 Å². The number of benzene rings is 3. The molecule has 1 heterocycles. The Morgan fingerprint density at radius 2 is 1.76 bits per heavy atom. The zero-order chi connectivity index (χ0) is 24.5. The molecule has 9 heteroatoms. The normalized spacial score (nSPS) is 14.4.